The quantitative estimate of drug-likeness (QED) is 0.879. The van der Waals surface area contributed by atoms with E-state index in [4.69, 9.17) is 5.73 Å². The molecular formula is C16H26N2. The standard InChI is InChI=1S/C16H26N2/c1-11(2)13-4-6-14(7-5-13)16(17)15-8-12(3)9-18-10-15/h8-11,13-14,16H,4-7,17H2,1-3H3. The van der Waals surface area contributed by atoms with E-state index in [1.165, 1.54) is 36.8 Å². The van der Waals surface area contributed by atoms with Gasteiger partial charge in [0, 0.05) is 18.4 Å². The van der Waals surface area contributed by atoms with Gasteiger partial charge in [0.25, 0.3) is 0 Å². The third-order valence-corrected chi connectivity index (χ3v) is 4.55. The van der Waals surface area contributed by atoms with E-state index in [0.29, 0.717) is 5.92 Å². The molecule has 1 fully saturated rings. The SMILES string of the molecule is Cc1cncc(C(N)C2CCC(C(C)C)CC2)c1. The number of rotatable bonds is 3. The first-order valence-corrected chi connectivity index (χ1v) is 7.25. The largest absolute Gasteiger partial charge is 0.324 e. The maximum atomic E-state index is 6.42. The Bertz CT molecular complexity index is 378. The summed E-state index contributed by atoms with van der Waals surface area (Å²) >= 11 is 0. The van der Waals surface area contributed by atoms with E-state index < -0.39 is 0 Å². The molecule has 2 heteroatoms. The van der Waals surface area contributed by atoms with Crippen molar-refractivity contribution in [2.24, 2.45) is 23.5 Å². The maximum absolute atomic E-state index is 6.42. The summed E-state index contributed by atoms with van der Waals surface area (Å²) in [7, 11) is 0. The molecule has 0 bridgehead atoms. The summed E-state index contributed by atoms with van der Waals surface area (Å²) < 4.78 is 0. The van der Waals surface area contributed by atoms with Crippen LogP contribution in [0.25, 0.3) is 0 Å². The number of nitrogens with zero attached hydrogens (tertiary/aromatic N) is 1. The molecule has 18 heavy (non-hydrogen) atoms. The molecule has 1 aromatic rings. The van der Waals surface area contributed by atoms with Crippen LogP contribution in [0.2, 0.25) is 0 Å². The number of nitrogens with two attached hydrogens (primary N) is 1. The lowest BCUT2D eigenvalue weighted by molar-refractivity contribution is 0.203. The smallest absolute Gasteiger partial charge is 0.0338 e. The van der Waals surface area contributed by atoms with Crippen molar-refractivity contribution in [2.45, 2.75) is 52.5 Å². The number of hydrogen-bond acceptors (Lipinski definition) is 2. The van der Waals surface area contributed by atoms with Crippen molar-refractivity contribution in [1.82, 2.24) is 4.98 Å². The lowest BCUT2D eigenvalue weighted by atomic mass is 9.74. The van der Waals surface area contributed by atoms with E-state index >= 15 is 0 Å². The lowest BCUT2D eigenvalue weighted by Crippen LogP contribution is -2.27. The molecule has 1 heterocycles. The van der Waals surface area contributed by atoms with Crippen LogP contribution in [0.4, 0.5) is 0 Å². The number of aryl methyl sites for hydroxylation is 1. The van der Waals surface area contributed by atoms with Gasteiger partial charge in [-0.1, -0.05) is 19.9 Å². The topological polar surface area (TPSA) is 38.9 Å². The normalized spacial score (nSPS) is 26.3. The molecule has 1 atom stereocenters. The van der Waals surface area contributed by atoms with Crippen LogP contribution in [0.15, 0.2) is 18.5 Å². The van der Waals surface area contributed by atoms with Gasteiger partial charge in [-0.25, -0.2) is 0 Å². The first-order chi connectivity index (χ1) is 8.58. The second-order valence-electron chi connectivity index (χ2n) is 6.24. The first-order valence-electron chi connectivity index (χ1n) is 7.25. The van der Waals surface area contributed by atoms with Crippen LogP contribution in [-0.4, -0.2) is 4.98 Å². The van der Waals surface area contributed by atoms with Gasteiger partial charge in [0.15, 0.2) is 0 Å². The average molecular weight is 246 g/mol. The maximum Gasteiger partial charge on any atom is 0.0338 e. The van der Waals surface area contributed by atoms with Crippen LogP contribution in [0.3, 0.4) is 0 Å². The summed E-state index contributed by atoms with van der Waals surface area (Å²) in [5.74, 6) is 2.37. The number of pyridine rings is 1. The Balaban J connectivity index is 1.97. The Kier molecular flexibility index (Phi) is 4.39. The summed E-state index contributed by atoms with van der Waals surface area (Å²) in [5.41, 5.74) is 8.84. The lowest BCUT2D eigenvalue weighted by Gasteiger charge is -2.34. The molecular weight excluding hydrogens is 220 g/mol. The highest BCUT2D eigenvalue weighted by atomic mass is 14.7. The van der Waals surface area contributed by atoms with Crippen molar-refractivity contribution < 1.29 is 0 Å². The van der Waals surface area contributed by atoms with E-state index in [2.05, 4.69) is 31.8 Å². The summed E-state index contributed by atoms with van der Waals surface area (Å²) in [5, 5.41) is 0. The fourth-order valence-electron chi connectivity index (χ4n) is 3.20. The molecule has 100 valence electrons. The third kappa shape index (κ3) is 3.11. The van der Waals surface area contributed by atoms with Crippen LogP contribution in [-0.2, 0) is 0 Å². The van der Waals surface area contributed by atoms with Crippen molar-refractivity contribution in [3.63, 3.8) is 0 Å². The molecule has 1 aromatic heterocycles. The van der Waals surface area contributed by atoms with E-state index in [1.54, 1.807) is 0 Å². The predicted molar refractivity (Wildman–Crippen MR) is 76.2 cm³/mol. The van der Waals surface area contributed by atoms with Gasteiger partial charge in [-0.05, 0) is 61.5 Å². The van der Waals surface area contributed by atoms with Gasteiger partial charge in [0.05, 0.1) is 0 Å². The molecule has 2 nitrogen and oxygen atoms in total. The molecule has 1 aliphatic rings. The molecule has 1 saturated carbocycles. The zero-order chi connectivity index (χ0) is 13.1. The van der Waals surface area contributed by atoms with E-state index in [-0.39, 0.29) is 6.04 Å². The fraction of sp³-hybridized carbons (Fsp3) is 0.688. The van der Waals surface area contributed by atoms with Gasteiger partial charge in [-0.2, -0.15) is 0 Å². The van der Waals surface area contributed by atoms with Crippen molar-refractivity contribution in [3.8, 4) is 0 Å². The monoisotopic (exact) mass is 246 g/mol. The second-order valence-corrected chi connectivity index (χ2v) is 6.24. The molecule has 2 rings (SSSR count). The Morgan fingerprint density at radius 3 is 2.28 bits per heavy atom. The summed E-state index contributed by atoms with van der Waals surface area (Å²) in [4.78, 5) is 4.26. The minimum absolute atomic E-state index is 0.172. The van der Waals surface area contributed by atoms with Crippen molar-refractivity contribution in [2.75, 3.05) is 0 Å². The van der Waals surface area contributed by atoms with Gasteiger partial charge in [0.1, 0.15) is 0 Å². The zero-order valence-corrected chi connectivity index (χ0v) is 11.9. The first kappa shape index (κ1) is 13.5. The Hall–Kier alpha value is -0.890. The molecule has 0 saturated heterocycles. The highest BCUT2D eigenvalue weighted by molar-refractivity contribution is 5.20. The summed E-state index contributed by atoms with van der Waals surface area (Å²) in [6, 6.07) is 2.36. The number of aromatic nitrogens is 1. The fourth-order valence-corrected chi connectivity index (χ4v) is 3.20. The van der Waals surface area contributed by atoms with E-state index in [9.17, 15) is 0 Å². The van der Waals surface area contributed by atoms with Gasteiger partial charge in [-0.15, -0.1) is 0 Å². The Morgan fingerprint density at radius 2 is 1.72 bits per heavy atom. The molecule has 0 radical (unpaired) electrons. The van der Waals surface area contributed by atoms with Gasteiger partial charge < -0.3 is 5.73 Å². The molecule has 0 spiro atoms. The molecule has 0 aliphatic heterocycles. The van der Waals surface area contributed by atoms with Gasteiger partial charge in [0.2, 0.25) is 0 Å². The van der Waals surface area contributed by atoms with Gasteiger partial charge >= 0.3 is 0 Å². The predicted octanol–water partition coefficient (Wildman–Crippen LogP) is 3.85. The molecule has 2 N–H and O–H groups in total. The highest BCUT2D eigenvalue weighted by Gasteiger charge is 2.27. The zero-order valence-electron chi connectivity index (χ0n) is 11.9. The minimum Gasteiger partial charge on any atom is -0.324 e. The van der Waals surface area contributed by atoms with Gasteiger partial charge in [-0.3, -0.25) is 4.98 Å². The van der Waals surface area contributed by atoms with Crippen LogP contribution >= 0.6 is 0 Å². The second kappa shape index (κ2) is 5.83. The van der Waals surface area contributed by atoms with Crippen molar-refractivity contribution in [3.05, 3.63) is 29.6 Å². The van der Waals surface area contributed by atoms with Crippen LogP contribution in [0.1, 0.15) is 56.7 Å². The van der Waals surface area contributed by atoms with Crippen molar-refractivity contribution >= 4 is 0 Å². The number of hydrogen-bond donors (Lipinski definition) is 1. The molecule has 1 aliphatic carbocycles. The highest BCUT2D eigenvalue weighted by Crippen LogP contribution is 2.38. The third-order valence-electron chi connectivity index (χ3n) is 4.55. The van der Waals surface area contributed by atoms with E-state index in [0.717, 1.165) is 11.8 Å². The molecule has 1 unspecified atom stereocenters. The molecule has 0 aromatic carbocycles. The minimum atomic E-state index is 0.172. The van der Waals surface area contributed by atoms with Crippen LogP contribution in [0.5, 0.6) is 0 Å². The Morgan fingerprint density at radius 1 is 1.11 bits per heavy atom. The van der Waals surface area contributed by atoms with Crippen molar-refractivity contribution in [1.29, 1.82) is 0 Å². The van der Waals surface area contributed by atoms with Crippen LogP contribution < -0.4 is 5.73 Å². The van der Waals surface area contributed by atoms with Crippen LogP contribution in [0, 0.1) is 24.7 Å². The van der Waals surface area contributed by atoms with E-state index in [1.807, 2.05) is 12.4 Å². The summed E-state index contributed by atoms with van der Waals surface area (Å²) in [6.45, 7) is 6.77. The Labute approximate surface area is 111 Å². The molecule has 0 amide bonds. The summed E-state index contributed by atoms with van der Waals surface area (Å²) in [6.07, 6.45) is 9.07. The average Bonchev–Trinajstić information content (AvgIpc) is 2.38.